The van der Waals surface area contributed by atoms with E-state index in [0.717, 1.165) is 18.5 Å². The van der Waals surface area contributed by atoms with Crippen molar-refractivity contribution in [1.82, 2.24) is 9.78 Å². The fourth-order valence-electron chi connectivity index (χ4n) is 1.17. The fourth-order valence-corrected chi connectivity index (χ4v) is 1.17. The molecule has 0 fully saturated rings. The lowest BCUT2D eigenvalue weighted by molar-refractivity contribution is 0.660. The number of aromatic nitrogens is 2. The average Bonchev–Trinajstić information content (AvgIpc) is 2.61. The molecule has 1 rings (SSSR count). The van der Waals surface area contributed by atoms with Crippen LogP contribution in [-0.2, 0) is 6.54 Å². The maximum Gasteiger partial charge on any atom is 0.0562 e. The standard InChI is InChI=1S/C10H17N3/c1-3-9(6-11)5-10-7-12-13(4-2)8-10/h5,7-8H,3-4,6,11H2,1-2H3. The molecule has 1 aromatic rings. The number of hydrogen-bond acceptors (Lipinski definition) is 2. The Balaban J connectivity index is 2.77. The summed E-state index contributed by atoms with van der Waals surface area (Å²) in [4.78, 5) is 0. The van der Waals surface area contributed by atoms with Crippen LogP contribution in [0.5, 0.6) is 0 Å². The third-order valence-corrected chi connectivity index (χ3v) is 2.06. The zero-order valence-electron chi connectivity index (χ0n) is 8.33. The van der Waals surface area contributed by atoms with E-state index in [4.69, 9.17) is 5.73 Å². The van der Waals surface area contributed by atoms with Crippen LogP contribution in [0.4, 0.5) is 0 Å². The van der Waals surface area contributed by atoms with E-state index in [0.29, 0.717) is 6.54 Å². The summed E-state index contributed by atoms with van der Waals surface area (Å²) < 4.78 is 1.91. The molecule has 2 N–H and O–H groups in total. The molecule has 0 amide bonds. The highest BCUT2D eigenvalue weighted by molar-refractivity contribution is 5.51. The van der Waals surface area contributed by atoms with Crippen LogP contribution in [0.2, 0.25) is 0 Å². The number of hydrogen-bond donors (Lipinski definition) is 1. The first-order valence-corrected chi connectivity index (χ1v) is 4.72. The average molecular weight is 179 g/mol. The molecule has 1 heterocycles. The van der Waals surface area contributed by atoms with Crippen molar-refractivity contribution in [3.63, 3.8) is 0 Å². The van der Waals surface area contributed by atoms with Crippen molar-refractivity contribution in [3.05, 3.63) is 23.5 Å². The molecule has 1 aromatic heterocycles. The molecule has 0 spiro atoms. The van der Waals surface area contributed by atoms with Crippen LogP contribution in [0, 0.1) is 0 Å². The predicted octanol–water partition coefficient (Wildman–Crippen LogP) is 1.66. The van der Waals surface area contributed by atoms with Crippen molar-refractivity contribution in [2.75, 3.05) is 6.54 Å². The second-order valence-corrected chi connectivity index (χ2v) is 2.99. The van der Waals surface area contributed by atoms with Crippen molar-refractivity contribution in [3.8, 4) is 0 Å². The molecule has 0 bridgehead atoms. The molecule has 0 aliphatic carbocycles. The molecule has 72 valence electrons. The molecule has 0 saturated carbocycles. The van der Waals surface area contributed by atoms with Crippen molar-refractivity contribution >= 4 is 6.08 Å². The van der Waals surface area contributed by atoms with Gasteiger partial charge in [0.05, 0.1) is 6.20 Å². The van der Waals surface area contributed by atoms with Gasteiger partial charge in [-0.25, -0.2) is 0 Å². The summed E-state index contributed by atoms with van der Waals surface area (Å²) in [6, 6.07) is 0. The van der Waals surface area contributed by atoms with Gasteiger partial charge >= 0.3 is 0 Å². The maximum absolute atomic E-state index is 5.57. The first-order chi connectivity index (χ1) is 6.30. The van der Waals surface area contributed by atoms with Crippen LogP contribution < -0.4 is 5.73 Å². The van der Waals surface area contributed by atoms with Gasteiger partial charge < -0.3 is 5.73 Å². The van der Waals surface area contributed by atoms with Crippen LogP contribution in [-0.4, -0.2) is 16.3 Å². The van der Waals surface area contributed by atoms with Gasteiger partial charge in [-0.05, 0) is 13.3 Å². The van der Waals surface area contributed by atoms with E-state index in [2.05, 4.69) is 25.0 Å². The summed E-state index contributed by atoms with van der Waals surface area (Å²) in [5.74, 6) is 0. The van der Waals surface area contributed by atoms with Crippen LogP contribution in [0.15, 0.2) is 18.0 Å². The molecule has 13 heavy (non-hydrogen) atoms. The quantitative estimate of drug-likeness (QED) is 0.763. The van der Waals surface area contributed by atoms with E-state index in [-0.39, 0.29) is 0 Å². The Morgan fingerprint density at radius 2 is 2.38 bits per heavy atom. The molecule has 0 aromatic carbocycles. The van der Waals surface area contributed by atoms with E-state index in [1.165, 1.54) is 5.57 Å². The summed E-state index contributed by atoms with van der Waals surface area (Å²) in [6.45, 7) is 5.73. The number of nitrogens with zero attached hydrogens (tertiary/aromatic N) is 2. The number of nitrogens with two attached hydrogens (primary N) is 1. The Bertz CT molecular complexity index is 280. The second kappa shape index (κ2) is 4.82. The first-order valence-electron chi connectivity index (χ1n) is 4.72. The van der Waals surface area contributed by atoms with Gasteiger partial charge in [-0.2, -0.15) is 5.10 Å². The van der Waals surface area contributed by atoms with E-state index in [9.17, 15) is 0 Å². The molecule has 3 nitrogen and oxygen atoms in total. The minimum absolute atomic E-state index is 0.633. The molecule has 0 radical (unpaired) electrons. The van der Waals surface area contributed by atoms with Gasteiger partial charge in [-0.3, -0.25) is 4.68 Å². The van der Waals surface area contributed by atoms with E-state index >= 15 is 0 Å². The van der Waals surface area contributed by atoms with E-state index in [1.54, 1.807) is 0 Å². The molecule has 3 heteroatoms. The third kappa shape index (κ3) is 2.70. The van der Waals surface area contributed by atoms with Gasteiger partial charge in [0.15, 0.2) is 0 Å². The minimum atomic E-state index is 0.633. The van der Waals surface area contributed by atoms with Gasteiger partial charge in [-0.1, -0.05) is 18.6 Å². The van der Waals surface area contributed by atoms with Crippen molar-refractivity contribution in [2.24, 2.45) is 5.73 Å². The van der Waals surface area contributed by atoms with E-state index < -0.39 is 0 Å². The molecule has 0 aliphatic rings. The molecule has 0 aliphatic heterocycles. The Morgan fingerprint density at radius 3 is 2.85 bits per heavy atom. The smallest absolute Gasteiger partial charge is 0.0562 e. The molecular weight excluding hydrogens is 162 g/mol. The summed E-state index contributed by atoms with van der Waals surface area (Å²) >= 11 is 0. The lowest BCUT2D eigenvalue weighted by atomic mass is 10.1. The van der Waals surface area contributed by atoms with Gasteiger partial charge in [0.25, 0.3) is 0 Å². The van der Waals surface area contributed by atoms with Crippen LogP contribution in [0.3, 0.4) is 0 Å². The Hall–Kier alpha value is -1.09. The van der Waals surface area contributed by atoms with Crippen molar-refractivity contribution in [1.29, 1.82) is 0 Å². The lowest BCUT2D eigenvalue weighted by Gasteiger charge is -1.97. The van der Waals surface area contributed by atoms with Crippen molar-refractivity contribution in [2.45, 2.75) is 26.8 Å². The molecule has 0 atom stereocenters. The highest BCUT2D eigenvalue weighted by Crippen LogP contribution is 2.07. The summed E-state index contributed by atoms with van der Waals surface area (Å²) in [7, 11) is 0. The van der Waals surface area contributed by atoms with Crippen molar-refractivity contribution < 1.29 is 0 Å². The van der Waals surface area contributed by atoms with Crippen LogP contribution in [0.1, 0.15) is 25.8 Å². The number of rotatable bonds is 4. The lowest BCUT2D eigenvalue weighted by Crippen LogP contribution is -2.01. The van der Waals surface area contributed by atoms with Crippen LogP contribution in [0.25, 0.3) is 6.08 Å². The zero-order valence-corrected chi connectivity index (χ0v) is 8.33. The van der Waals surface area contributed by atoms with Gasteiger partial charge in [0.2, 0.25) is 0 Å². The Labute approximate surface area is 79.2 Å². The van der Waals surface area contributed by atoms with Gasteiger partial charge in [0, 0.05) is 24.8 Å². The monoisotopic (exact) mass is 179 g/mol. The molecule has 0 saturated heterocycles. The van der Waals surface area contributed by atoms with Gasteiger partial charge in [-0.15, -0.1) is 0 Å². The Morgan fingerprint density at radius 1 is 1.62 bits per heavy atom. The largest absolute Gasteiger partial charge is 0.327 e. The SMILES string of the molecule is CCC(=Cc1cnn(CC)c1)CN. The van der Waals surface area contributed by atoms with Gasteiger partial charge in [0.1, 0.15) is 0 Å². The van der Waals surface area contributed by atoms with Crippen LogP contribution >= 0.6 is 0 Å². The fraction of sp³-hybridized carbons (Fsp3) is 0.500. The topological polar surface area (TPSA) is 43.8 Å². The summed E-state index contributed by atoms with van der Waals surface area (Å²) in [5.41, 5.74) is 7.98. The number of aryl methyl sites for hydroxylation is 1. The molecule has 0 unspecified atom stereocenters. The Kier molecular flexibility index (Phi) is 3.71. The summed E-state index contributed by atoms with van der Waals surface area (Å²) in [6.07, 6.45) is 7.02. The minimum Gasteiger partial charge on any atom is -0.327 e. The zero-order chi connectivity index (χ0) is 9.68. The predicted molar refractivity (Wildman–Crippen MR) is 55.2 cm³/mol. The highest BCUT2D eigenvalue weighted by atomic mass is 15.3. The first kappa shape index (κ1) is 9.99. The maximum atomic E-state index is 5.57. The normalized spacial score (nSPS) is 12.1. The molecular formula is C10H17N3. The summed E-state index contributed by atoms with van der Waals surface area (Å²) in [5, 5.41) is 4.19. The third-order valence-electron chi connectivity index (χ3n) is 2.06. The second-order valence-electron chi connectivity index (χ2n) is 2.99. The highest BCUT2D eigenvalue weighted by Gasteiger charge is 1.95. The van der Waals surface area contributed by atoms with E-state index in [1.807, 2.05) is 17.1 Å².